The van der Waals surface area contributed by atoms with E-state index in [0.717, 1.165) is 12.1 Å². The molecule has 1 heterocycles. The molecule has 0 aliphatic heterocycles. The van der Waals surface area contributed by atoms with Crippen LogP contribution in [-0.4, -0.2) is 17.4 Å². The number of pyridine rings is 1. The summed E-state index contributed by atoms with van der Waals surface area (Å²) in [4.78, 5) is 16.7. The highest BCUT2D eigenvalue weighted by Gasteiger charge is 2.39. The van der Waals surface area contributed by atoms with Crippen LogP contribution in [-0.2, 0) is 11.2 Å². The van der Waals surface area contributed by atoms with Gasteiger partial charge in [0.1, 0.15) is 0 Å². The average molecular weight is 262 g/mol. The van der Waals surface area contributed by atoms with Crippen LogP contribution in [0.25, 0.3) is 0 Å². The zero-order valence-corrected chi connectivity index (χ0v) is 12.7. The third-order valence-corrected chi connectivity index (χ3v) is 4.28. The molecule has 106 valence electrons. The van der Waals surface area contributed by atoms with Gasteiger partial charge in [-0.3, -0.25) is 9.78 Å². The first-order valence-electron chi connectivity index (χ1n) is 7.07. The maximum atomic E-state index is 12.4. The predicted molar refractivity (Wildman–Crippen MR) is 78.7 cm³/mol. The molecule has 0 spiro atoms. The molecule has 0 saturated carbocycles. The van der Waals surface area contributed by atoms with Crippen molar-refractivity contribution < 1.29 is 4.79 Å². The monoisotopic (exact) mass is 262 g/mol. The molecule has 0 saturated heterocycles. The molecule has 0 aromatic carbocycles. The highest BCUT2D eigenvalue weighted by Crippen LogP contribution is 2.35. The first-order valence-corrected chi connectivity index (χ1v) is 7.07. The summed E-state index contributed by atoms with van der Waals surface area (Å²) in [6.45, 7) is 11.1. The van der Waals surface area contributed by atoms with Gasteiger partial charge < -0.3 is 5.32 Å². The lowest BCUT2D eigenvalue weighted by Gasteiger charge is -2.36. The van der Waals surface area contributed by atoms with E-state index in [1.807, 2.05) is 18.2 Å². The zero-order valence-electron chi connectivity index (χ0n) is 12.7. The highest BCUT2D eigenvalue weighted by atomic mass is 16.2. The van der Waals surface area contributed by atoms with Gasteiger partial charge in [0.25, 0.3) is 0 Å². The van der Waals surface area contributed by atoms with E-state index >= 15 is 0 Å². The maximum Gasteiger partial charge on any atom is 0.226 e. The lowest BCUT2D eigenvalue weighted by Crippen LogP contribution is -2.46. The van der Waals surface area contributed by atoms with Gasteiger partial charge in [0.05, 0.1) is 5.41 Å². The fourth-order valence-corrected chi connectivity index (χ4v) is 2.23. The van der Waals surface area contributed by atoms with Gasteiger partial charge >= 0.3 is 0 Å². The molecular formula is C16H26N2O. The van der Waals surface area contributed by atoms with Crippen LogP contribution in [0.15, 0.2) is 24.4 Å². The van der Waals surface area contributed by atoms with E-state index in [0.29, 0.717) is 18.4 Å². The third-order valence-electron chi connectivity index (χ3n) is 4.28. The van der Waals surface area contributed by atoms with Crippen LogP contribution in [0.1, 0.15) is 40.3 Å². The summed E-state index contributed by atoms with van der Waals surface area (Å²) >= 11 is 0. The van der Waals surface area contributed by atoms with Crippen molar-refractivity contribution in [2.24, 2.45) is 17.3 Å². The van der Waals surface area contributed by atoms with Crippen molar-refractivity contribution in [3.05, 3.63) is 30.1 Å². The molecule has 1 rings (SSSR count). The number of nitrogens with one attached hydrogen (secondary N) is 1. The van der Waals surface area contributed by atoms with Crippen LogP contribution in [0, 0.1) is 17.3 Å². The quantitative estimate of drug-likeness (QED) is 0.856. The van der Waals surface area contributed by atoms with Crippen LogP contribution in [0.2, 0.25) is 0 Å². The second kappa shape index (κ2) is 6.69. The van der Waals surface area contributed by atoms with E-state index < -0.39 is 0 Å². The Morgan fingerprint density at radius 2 is 1.89 bits per heavy atom. The maximum absolute atomic E-state index is 12.4. The average Bonchev–Trinajstić information content (AvgIpc) is 2.38. The third kappa shape index (κ3) is 3.79. The zero-order chi connectivity index (χ0) is 14.5. The molecule has 0 aliphatic carbocycles. The molecule has 0 fully saturated rings. The minimum atomic E-state index is -0.315. The van der Waals surface area contributed by atoms with E-state index in [1.54, 1.807) is 6.20 Å². The van der Waals surface area contributed by atoms with Crippen molar-refractivity contribution in [2.45, 2.75) is 41.0 Å². The summed E-state index contributed by atoms with van der Waals surface area (Å²) in [6, 6.07) is 5.85. The van der Waals surface area contributed by atoms with Crippen molar-refractivity contribution in [1.29, 1.82) is 0 Å². The lowest BCUT2D eigenvalue weighted by molar-refractivity contribution is -0.135. The topological polar surface area (TPSA) is 42.0 Å². The van der Waals surface area contributed by atoms with Crippen molar-refractivity contribution >= 4 is 5.91 Å². The number of hydrogen-bond acceptors (Lipinski definition) is 2. The fourth-order valence-electron chi connectivity index (χ4n) is 2.23. The standard InChI is InChI=1S/C16H26N2O/c1-12(2)16(5,13(3)4)15(19)18-11-9-14-8-6-7-10-17-14/h6-8,10,12-13H,9,11H2,1-5H3,(H,18,19). The smallest absolute Gasteiger partial charge is 0.226 e. The Hall–Kier alpha value is -1.38. The van der Waals surface area contributed by atoms with Crippen LogP contribution in [0.5, 0.6) is 0 Å². The summed E-state index contributed by atoms with van der Waals surface area (Å²) in [5.41, 5.74) is 0.697. The molecule has 0 radical (unpaired) electrons. The van der Waals surface area contributed by atoms with E-state index in [2.05, 4.69) is 44.9 Å². The van der Waals surface area contributed by atoms with Gasteiger partial charge in [0.2, 0.25) is 5.91 Å². The van der Waals surface area contributed by atoms with Crippen molar-refractivity contribution in [3.63, 3.8) is 0 Å². The van der Waals surface area contributed by atoms with Gasteiger partial charge in [-0.15, -0.1) is 0 Å². The SMILES string of the molecule is CC(C)C(C)(C(=O)NCCc1ccccn1)C(C)C. The van der Waals surface area contributed by atoms with Crippen molar-refractivity contribution in [3.8, 4) is 0 Å². The minimum absolute atomic E-state index is 0.147. The second-order valence-corrected chi connectivity index (χ2v) is 5.92. The molecule has 0 atom stereocenters. The molecule has 0 unspecified atom stereocenters. The van der Waals surface area contributed by atoms with Gasteiger partial charge in [-0.25, -0.2) is 0 Å². The minimum Gasteiger partial charge on any atom is -0.355 e. The Balaban J connectivity index is 2.55. The first kappa shape index (κ1) is 15.7. The highest BCUT2D eigenvalue weighted by molar-refractivity contribution is 5.82. The second-order valence-electron chi connectivity index (χ2n) is 5.92. The Morgan fingerprint density at radius 1 is 1.26 bits per heavy atom. The number of carbonyl (C=O) groups excluding carboxylic acids is 1. The molecule has 3 nitrogen and oxygen atoms in total. The Morgan fingerprint density at radius 3 is 2.37 bits per heavy atom. The van der Waals surface area contributed by atoms with E-state index in [1.165, 1.54) is 0 Å². The lowest BCUT2D eigenvalue weighted by atomic mass is 9.70. The number of rotatable bonds is 6. The van der Waals surface area contributed by atoms with Gasteiger partial charge in [-0.05, 0) is 24.0 Å². The molecule has 0 bridgehead atoms. The summed E-state index contributed by atoms with van der Waals surface area (Å²) in [7, 11) is 0. The summed E-state index contributed by atoms with van der Waals surface area (Å²) in [5, 5.41) is 3.06. The molecule has 1 amide bonds. The Bertz CT molecular complexity index is 390. The van der Waals surface area contributed by atoms with Crippen LogP contribution in [0.4, 0.5) is 0 Å². The van der Waals surface area contributed by atoms with Crippen LogP contribution < -0.4 is 5.32 Å². The summed E-state index contributed by atoms with van der Waals surface area (Å²) < 4.78 is 0. The fraction of sp³-hybridized carbons (Fsp3) is 0.625. The molecule has 1 N–H and O–H groups in total. The van der Waals surface area contributed by atoms with Crippen LogP contribution in [0.3, 0.4) is 0 Å². The Labute approximate surface area is 116 Å². The van der Waals surface area contributed by atoms with E-state index in [4.69, 9.17) is 0 Å². The summed E-state index contributed by atoms with van der Waals surface area (Å²) in [5.74, 6) is 0.790. The number of nitrogens with zero attached hydrogens (tertiary/aromatic N) is 1. The normalized spacial score (nSPS) is 11.9. The van der Waals surface area contributed by atoms with Crippen molar-refractivity contribution in [2.75, 3.05) is 6.54 Å². The summed E-state index contributed by atoms with van der Waals surface area (Å²) in [6.07, 6.45) is 2.56. The molecular weight excluding hydrogens is 236 g/mol. The van der Waals surface area contributed by atoms with E-state index in [-0.39, 0.29) is 11.3 Å². The number of hydrogen-bond donors (Lipinski definition) is 1. The van der Waals surface area contributed by atoms with Crippen molar-refractivity contribution in [1.82, 2.24) is 10.3 Å². The molecule has 0 aliphatic rings. The largest absolute Gasteiger partial charge is 0.355 e. The predicted octanol–water partition coefficient (Wildman–Crippen LogP) is 3.06. The van der Waals surface area contributed by atoms with Gasteiger partial charge in [-0.2, -0.15) is 0 Å². The van der Waals surface area contributed by atoms with Gasteiger partial charge in [0.15, 0.2) is 0 Å². The van der Waals surface area contributed by atoms with Gasteiger partial charge in [-0.1, -0.05) is 40.7 Å². The number of amides is 1. The number of aromatic nitrogens is 1. The Kier molecular flexibility index (Phi) is 5.52. The molecule has 1 aromatic heterocycles. The van der Waals surface area contributed by atoms with Crippen LogP contribution >= 0.6 is 0 Å². The van der Waals surface area contributed by atoms with Gasteiger partial charge in [0, 0.05) is 24.9 Å². The molecule has 3 heteroatoms. The van der Waals surface area contributed by atoms with E-state index in [9.17, 15) is 4.79 Å². The number of carbonyl (C=O) groups is 1. The first-order chi connectivity index (χ1) is 8.89. The molecule has 19 heavy (non-hydrogen) atoms. The molecule has 1 aromatic rings.